The number of carbonyl (C=O) groups excluding carboxylic acids is 1. The van der Waals surface area contributed by atoms with Gasteiger partial charge in [0, 0.05) is 18.3 Å². The topological polar surface area (TPSA) is 64.1 Å². The van der Waals surface area contributed by atoms with E-state index in [0.717, 1.165) is 22.8 Å². The van der Waals surface area contributed by atoms with Crippen LogP contribution in [0.25, 0.3) is 0 Å². The van der Waals surface area contributed by atoms with Crippen molar-refractivity contribution in [3.8, 4) is 0 Å². The van der Waals surface area contributed by atoms with E-state index in [-0.39, 0.29) is 0 Å². The van der Waals surface area contributed by atoms with Gasteiger partial charge < -0.3 is 10.1 Å². The third kappa shape index (κ3) is 3.77. The van der Waals surface area contributed by atoms with Crippen LogP contribution in [-0.2, 0) is 16.0 Å². The van der Waals surface area contributed by atoms with Crippen LogP contribution in [0.2, 0.25) is 0 Å². The Balaban J connectivity index is 2.16. The van der Waals surface area contributed by atoms with Gasteiger partial charge in [-0.25, -0.2) is 0 Å². The minimum absolute atomic E-state index is 0.321. The minimum Gasteiger partial charge on any atom is -0.467 e. The molecule has 1 N–H and O–H groups in total. The average molecular weight is 257 g/mol. The summed E-state index contributed by atoms with van der Waals surface area (Å²) in [5, 5.41) is 3.26. The molecule has 0 aliphatic rings. The van der Waals surface area contributed by atoms with Crippen LogP contribution in [-0.4, -0.2) is 23.0 Å². The second-order valence-electron chi connectivity index (χ2n) is 4.03. The average Bonchev–Trinajstić information content (AvgIpc) is 2.43. The van der Waals surface area contributed by atoms with E-state index >= 15 is 0 Å². The third-order valence-corrected chi connectivity index (χ3v) is 2.58. The number of anilines is 2. The van der Waals surface area contributed by atoms with E-state index < -0.39 is 0 Å². The summed E-state index contributed by atoms with van der Waals surface area (Å²) in [5.74, 6) is 0. The first-order valence-corrected chi connectivity index (χ1v) is 5.98. The molecular weight excluding hydrogens is 242 g/mol. The number of carbonyl (C=O) groups is 1. The summed E-state index contributed by atoms with van der Waals surface area (Å²) >= 11 is 0. The number of aryl methyl sites for hydroxylation is 1. The van der Waals surface area contributed by atoms with Crippen LogP contribution in [0.4, 0.5) is 11.4 Å². The molecular formula is C14H15N3O2. The van der Waals surface area contributed by atoms with E-state index in [4.69, 9.17) is 4.74 Å². The molecule has 5 heteroatoms. The lowest BCUT2D eigenvalue weighted by Gasteiger charge is -2.11. The van der Waals surface area contributed by atoms with E-state index in [1.165, 1.54) is 0 Å². The van der Waals surface area contributed by atoms with Gasteiger partial charge in [0.1, 0.15) is 0 Å². The quantitative estimate of drug-likeness (QED) is 0.635. The Bertz CT molecular complexity index is 544. The van der Waals surface area contributed by atoms with Gasteiger partial charge >= 0.3 is 0 Å². The molecule has 2 aromatic heterocycles. The van der Waals surface area contributed by atoms with E-state index in [9.17, 15) is 4.79 Å². The number of nitrogens with zero attached hydrogens (tertiary/aromatic N) is 2. The lowest BCUT2D eigenvalue weighted by atomic mass is 10.2. The van der Waals surface area contributed by atoms with Crippen LogP contribution < -0.4 is 5.32 Å². The zero-order chi connectivity index (χ0) is 13.5. The molecule has 0 aliphatic carbocycles. The van der Waals surface area contributed by atoms with Crippen molar-refractivity contribution in [3.05, 3.63) is 48.0 Å². The maximum absolute atomic E-state index is 10.2. The van der Waals surface area contributed by atoms with Crippen LogP contribution in [0.15, 0.2) is 36.7 Å². The first kappa shape index (κ1) is 13.0. The molecule has 0 saturated heterocycles. The largest absolute Gasteiger partial charge is 0.467 e. The van der Waals surface area contributed by atoms with Crippen molar-refractivity contribution in [1.82, 2.24) is 9.97 Å². The first-order valence-electron chi connectivity index (χ1n) is 5.98. The van der Waals surface area contributed by atoms with Crippen molar-refractivity contribution in [3.63, 3.8) is 0 Å². The standard InChI is InChI=1S/C14H15N3O2/c1-11-4-5-13(14(16-11)6-8-19-10-18)17-12-3-2-7-15-9-12/h2-5,7,9-10,17H,6,8H2,1H3. The van der Waals surface area contributed by atoms with Gasteiger partial charge in [-0.2, -0.15) is 0 Å². The molecule has 0 amide bonds. The van der Waals surface area contributed by atoms with Gasteiger partial charge in [-0.1, -0.05) is 0 Å². The third-order valence-electron chi connectivity index (χ3n) is 2.58. The Kier molecular flexibility index (Phi) is 4.44. The molecule has 0 spiro atoms. The molecule has 5 nitrogen and oxygen atoms in total. The van der Waals surface area contributed by atoms with Crippen LogP contribution in [0.5, 0.6) is 0 Å². The maximum Gasteiger partial charge on any atom is 0.293 e. The summed E-state index contributed by atoms with van der Waals surface area (Å²) < 4.78 is 4.72. The summed E-state index contributed by atoms with van der Waals surface area (Å²) in [6.45, 7) is 2.70. The fourth-order valence-electron chi connectivity index (χ4n) is 1.71. The predicted octanol–water partition coefficient (Wildman–Crippen LogP) is 2.24. The predicted molar refractivity (Wildman–Crippen MR) is 72.2 cm³/mol. The van der Waals surface area contributed by atoms with Gasteiger partial charge in [0.25, 0.3) is 6.47 Å². The van der Waals surface area contributed by atoms with Gasteiger partial charge in [0.15, 0.2) is 0 Å². The summed E-state index contributed by atoms with van der Waals surface area (Å²) in [5.41, 5.74) is 3.59. The van der Waals surface area contributed by atoms with Gasteiger partial charge in [-0.3, -0.25) is 14.8 Å². The summed E-state index contributed by atoms with van der Waals surface area (Å²) in [7, 11) is 0. The molecule has 0 unspecified atom stereocenters. The lowest BCUT2D eigenvalue weighted by molar-refractivity contribution is -0.128. The molecule has 0 aromatic carbocycles. The zero-order valence-electron chi connectivity index (χ0n) is 10.7. The number of ether oxygens (including phenoxy) is 1. The highest BCUT2D eigenvalue weighted by molar-refractivity contribution is 5.61. The Morgan fingerprint density at radius 2 is 2.26 bits per heavy atom. The second kappa shape index (κ2) is 6.49. The van der Waals surface area contributed by atoms with Gasteiger partial charge in [-0.05, 0) is 31.2 Å². The van der Waals surface area contributed by atoms with E-state index in [1.54, 1.807) is 12.4 Å². The summed E-state index contributed by atoms with van der Waals surface area (Å²) in [4.78, 5) is 18.7. The molecule has 0 bridgehead atoms. The van der Waals surface area contributed by atoms with Crippen LogP contribution in [0.3, 0.4) is 0 Å². The molecule has 2 aromatic rings. The highest BCUT2D eigenvalue weighted by Crippen LogP contribution is 2.19. The number of hydrogen-bond acceptors (Lipinski definition) is 5. The Hall–Kier alpha value is -2.43. The van der Waals surface area contributed by atoms with E-state index in [0.29, 0.717) is 19.5 Å². The second-order valence-corrected chi connectivity index (χ2v) is 4.03. The molecule has 19 heavy (non-hydrogen) atoms. The van der Waals surface area contributed by atoms with Gasteiger partial charge in [0.05, 0.1) is 29.9 Å². The molecule has 2 rings (SSSR count). The van der Waals surface area contributed by atoms with Crippen molar-refractivity contribution in [2.75, 3.05) is 11.9 Å². The van der Waals surface area contributed by atoms with Crippen molar-refractivity contribution in [2.45, 2.75) is 13.3 Å². The highest BCUT2D eigenvalue weighted by atomic mass is 16.5. The Morgan fingerprint density at radius 3 is 3.00 bits per heavy atom. The number of rotatable bonds is 6. The molecule has 0 aliphatic heterocycles. The monoisotopic (exact) mass is 257 g/mol. The number of hydrogen-bond donors (Lipinski definition) is 1. The normalized spacial score (nSPS) is 9.95. The molecule has 2 heterocycles. The number of aromatic nitrogens is 2. The van der Waals surface area contributed by atoms with Gasteiger partial charge in [0.2, 0.25) is 0 Å². The van der Waals surface area contributed by atoms with Crippen LogP contribution in [0, 0.1) is 6.92 Å². The number of pyridine rings is 2. The summed E-state index contributed by atoms with van der Waals surface area (Å²) in [6, 6.07) is 7.69. The summed E-state index contributed by atoms with van der Waals surface area (Å²) in [6.07, 6.45) is 4.03. The fourth-order valence-corrected chi connectivity index (χ4v) is 1.71. The van der Waals surface area contributed by atoms with E-state index in [1.807, 2.05) is 31.2 Å². The van der Waals surface area contributed by atoms with Gasteiger partial charge in [-0.15, -0.1) is 0 Å². The molecule has 0 saturated carbocycles. The minimum atomic E-state index is 0.321. The van der Waals surface area contributed by atoms with E-state index in [2.05, 4.69) is 15.3 Å². The molecule has 0 atom stereocenters. The SMILES string of the molecule is Cc1ccc(Nc2cccnc2)c(CCOC=O)n1. The highest BCUT2D eigenvalue weighted by Gasteiger charge is 2.05. The van der Waals surface area contributed by atoms with Crippen molar-refractivity contribution >= 4 is 17.8 Å². The van der Waals surface area contributed by atoms with Crippen LogP contribution in [0.1, 0.15) is 11.4 Å². The van der Waals surface area contributed by atoms with Crippen molar-refractivity contribution in [1.29, 1.82) is 0 Å². The number of nitrogens with one attached hydrogen (secondary N) is 1. The fraction of sp³-hybridized carbons (Fsp3) is 0.214. The Labute approximate surface area is 111 Å². The van der Waals surface area contributed by atoms with Crippen molar-refractivity contribution < 1.29 is 9.53 Å². The zero-order valence-corrected chi connectivity index (χ0v) is 10.7. The first-order chi connectivity index (χ1) is 9.29. The lowest BCUT2D eigenvalue weighted by Crippen LogP contribution is -2.04. The molecule has 98 valence electrons. The molecule has 0 radical (unpaired) electrons. The van der Waals surface area contributed by atoms with Crippen LogP contribution >= 0.6 is 0 Å². The smallest absolute Gasteiger partial charge is 0.293 e. The van der Waals surface area contributed by atoms with Crippen molar-refractivity contribution in [2.24, 2.45) is 0 Å². The molecule has 0 fully saturated rings. The Morgan fingerprint density at radius 1 is 1.37 bits per heavy atom. The maximum atomic E-state index is 10.2.